The van der Waals surface area contributed by atoms with Crippen molar-refractivity contribution in [3.05, 3.63) is 38.9 Å². The van der Waals surface area contributed by atoms with Gasteiger partial charge in [-0.15, -0.1) is 0 Å². The van der Waals surface area contributed by atoms with E-state index in [9.17, 15) is 19.7 Å². The number of amides is 1. The van der Waals surface area contributed by atoms with Gasteiger partial charge >= 0.3 is 0 Å². The number of rotatable bonds is 5. The molecule has 0 unspecified atom stereocenters. The topological polar surface area (TPSA) is 130 Å². The van der Waals surface area contributed by atoms with E-state index in [1.807, 2.05) is 0 Å². The van der Waals surface area contributed by atoms with Crippen LogP contribution in [0.25, 0.3) is 10.9 Å². The molecule has 0 fully saturated rings. The first-order valence-corrected chi connectivity index (χ1v) is 6.13. The number of hydrogen-bond donors (Lipinski definition) is 3. The highest BCUT2D eigenvalue weighted by atomic mass is 16.6. The Morgan fingerprint density at radius 1 is 1.43 bits per heavy atom. The number of H-pyrrole nitrogens is 1. The van der Waals surface area contributed by atoms with Crippen LogP contribution in [0.15, 0.2) is 23.3 Å². The van der Waals surface area contributed by atoms with E-state index < -0.39 is 10.5 Å². The lowest BCUT2D eigenvalue weighted by atomic mass is 10.2. The van der Waals surface area contributed by atoms with E-state index in [-0.39, 0.29) is 22.7 Å². The first-order chi connectivity index (χ1) is 9.99. The van der Waals surface area contributed by atoms with Gasteiger partial charge in [-0.25, -0.2) is 4.98 Å². The summed E-state index contributed by atoms with van der Waals surface area (Å²) in [5.74, 6) is -0.182. The third kappa shape index (κ3) is 3.32. The summed E-state index contributed by atoms with van der Waals surface area (Å²) in [7, 11) is 0. The normalized spacial score (nSPS) is 10.3. The molecule has 1 heterocycles. The standard InChI is InChI=1S/C12H13N5O4/c1-7(18)13-2-3-14-10-5-9-8(4-11(10)17(20)21)12(19)16-6-15-9/h4-6,14H,2-3H2,1H3,(H,13,18)(H,15,16,19). The number of nitro benzene ring substituents is 1. The summed E-state index contributed by atoms with van der Waals surface area (Å²) in [6, 6.07) is 2.62. The summed E-state index contributed by atoms with van der Waals surface area (Å²) in [6.45, 7) is 2.02. The Kier molecular flexibility index (Phi) is 4.12. The minimum atomic E-state index is -0.577. The number of aromatic nitrogens is 2. The van der Waals surface area contributed by atoms with Crippen molar-refractivity contribution in [1.82, 2.24) is 15.3 Å². The van der Waals surface area contributed by atoms with Crippen LogP contribution in [0.3, 0.4) is 0 Å². The second kappa shape index (κ2) is 5.99. The monoisotopic (exact) mass is 291 g/mol. The molecule has 0 aliphatic carbocycles. The van der Waals surface area contributed by atoms with E-state index in [1.165, 1.54) is 25.4 Å². The Morgan fingerprint density at radius 3 is 2.86 bits per heavy atom. The first kappa shape index (κ1) is 14.4. The molecule has 0 saturated heterocycles. The quantitative estimate of drug-likeness (QED) is 0.415. The fourth-order valence-electron chi connectivity index (χ4n) is 1.83. The van der Waals surface area contributed by atoms with E-state index in [1.54, 1.807) is 0 Å². The number of nitrogens with one attached hydrogen (secondary N) is 3. The average Bonchev–Trinajstić information content (AvgIpc) is 2.43. The Balaban J connectivity index is 2.33. The number of anilines is 1. The van der Waals surface area contributed by atoms with Crippen LogP contribution in [0.5, 0.6) is 0 Å². The molecule has 1 amide bonds. The van der Waals surface area contributed by atoms with Crippen molar-refractivity contribution in [3.8, 4) is 0 Å². The highest BCUT2D eigenvalue weighted by Gasteiger charge is 2.16. The van der Waals surface area contributed by atoms with Crippen molar-refractivity contribution < 1.29 is 9.72 Å². The summed E-state index contributed by atoms with van der Waals surface area (Å²) in [6.07, 6.45) is 1.23. The molecular weight excluding hydrogens is 278 g/mol. The maximum atomic E-state index is 11.6. The predicted octanol–water partition coefficient (Wildman–Crippen LogP) is 0.379. The number of carbonyl (C=O) groups excluding carboxylic acids is 1. The van der Waals surface area contributed by atoms with Crippen LogP contribution < -0.4 is 16.2 Å². The number of aromatic amines is 1. The summed E-state index contributed by atoms with van der Waals surface area (Å²) in [5.41, 5.74) is -0.0564. The molecule has 0 bridgehead atoms. The van der Waals surface area contributed by atoms with Gasteiger partial charge in [0.25, 0.3) is 11.2 Å². The number of nitro groups is 1. The molecule has 1 aromatic carbocycles. The molecule has 2 aromatic rings. The fraction of sp³-hybridized carbons (Fsp3) is 0.250. The number of benzene rings is 1. The van der Waals surface area contributed by atoms with Crippen LogP contribution in [0.4, 0.5) is 11.4 Å². The number of hydrogen-bond acceptors (Lipinski definition) is 6. The highest BCUT2D eigenvalue weighted by molar-refractivity contribution is 5.86. The second-order valence-electron chi connectivity index (χ2n) is 4.29. The van der Waals surface area contributed by atoms with Crippen LogP contribution in [0, 0.1) is 10.1 Å². The lowest BCUT2D eigenvalue weighted by Crippen LogP contribution is -2.26. The number of fused-ring (bicyclic) bond motifs is 1. The van der Waals surface area contributed by atoms with Crippen LogP contribution in [-0.2, 0) is 4.79 Å². The summed E-state index contributed by atoms with van der Waals surface area (Å²) in [5, 5.41) is 16.7. The summed E-state index contributed by atoms with van der Waals surface area (Å²) in [4.78, 5) is 39.2. The molecule has 9 nitrogen and oxygen atoms in total. The third-order valence-electron chi connectivity index (χ3n) is 2.77. The van der Waals surface area contributed by atoms with Crippen molar-refractivity contribution in [1.29, 1.82) is 0 Å². The molecule has 1 aromatic heterocycles. The van der Waals surface area contributed by atoms with Gasteiger partial charge < -0.3 is 15.6 Å². The molecule has 0 aliphatic heterocycles. The van der Waals surface area contributed by atoms with Gasteiger partial charge in [-0.05, 0) is 6.07 Å². The lowest BCUT2D eigenvalue weighted by Gasteiger charge is -2.08. The average molecular weight is 291 g/mol. The van der Waals surface area contributed by atoms with E-state index in [0.29, 0.717) is 18.6 Å². The van der Waals surface area contributed by atoms with Gasteiger partial charge in [0, 0.05) is 26.1 Å². The Labute approximate surface area is 118 Å². The number of nitrogens with zero attached hydrogens (tertiary/aromatic N) is 2. The lowest BCUT2D eigenvalue weighted by molar-refractivity contribution is -0.383. The van der Waals surface area contributed by atoms with E-state index >= 15 is 0 Å². The van der Waals surface area contributed by atoms with Gasteiger partial charge in [-0.2, -0.15) is 0 Å². The van der Waals surface area contributed by atoms with Crippen LogP contribution >= 0.6 is 0 Å². The molecular formula is C12H13N5O4. The summed E-state index contributed by atoms with van der Waals surface area (Å²) >= 11 is 0. The zero-order valence-corrected chi connectivity index (χ0v) is 11.2. The van der Waals surface area contributed by atoms with Gasteiger partial charge in [0.2, 0.25) is 5.91 Å². The molecule has 0 spiro atoms. The maximum Gasteiger partial charge on any atom is 0.293 e. The molecule has 3 N–H and O–H groups in total. The summed E-state index contributed by atoms with van der Waals surface area (Å²) < 4.78 is 0. The Bertz CT molecular complexity index is 755. The van der Waals surface area contributed by atoms with Crippen LogP contribution in [0.1, 0.15) is 6.92 Å². The van der Waals surface area contributed by atoms with Crippen LogP contribution in [0.2, 0.25) is 0 Å². The third-order valence-corrected chi connectivity index (χ3v) is 2.77. The first-order valence-electron chi connectivity index (χ1n) is 6.13. The van der Waals surface area contributed by atoms with E-state index in [0.717, 1.165) is 0 Å². The predicted molar refractivity (Wildman–Crippen MR) is 76.2 cm³/mol. The van der Waals surface area contributed by atoms with Gasteiger partial charge in [-0.3, -0.25) is 19.7 Å². The minimum Gasteiger partial charge on any atom is -0.378 e. The zero-order chi connectivity index (χ0) is 15.4. The molecule has 0 radical (unpaired) electrons. The number of carbonyl (C=O) groups is 1. The van der Waals surface area contributed by atoms with Crippen molar-refractivity contribution in [3.63, 3.8) is 0 Å². The molecule has 0 saturated carbocycles. The molecule has 0 aliphatic rings. The largest absolute Gasteiger partial charge is 0.378 e. The Morgan fingerprint density at radius 2 is 2.19 bits per heavy atom. The van der Waals surface area contributed by atoms with E-state index in [2.05, 4.69) is 20.6 Å². The highest BCUT2D eigenvalue weighted by Crippen LogP contribution is 2.27. The van der Waals surface area contributed by atoms with Gasteiger partial charge in [0.1, 0.15) is 5.69 Å². The van der Waals surface area contributed by atoms with E-state index in [4.69, 9.17) is 0 Å². The Hall–Kier alpha value is -2.97. The SMILES string of the molecule is CC(=O)NCCNc1cc2nc[nH]c(=O)c2cc1[N+](=O)[O-]. The fourth-order valence-corrected chi connectivity index (χ4v) is 1.83. The molecule has 0 atom stereocenters. The maximum absolute atomic E-state index is 11.6. The van der Waals surface area contributed by atoms with Gasteiger partial charge in [-0.1, -0.05) is 0 Å². The zero-order valence-electron chi connectivity index (χ0n) is 11.2. The minimum absolute atomic E-state index is 0.150. The molecule has 21 heavy (non-hydrogen) atoms. The van der Waals surface area contributed by atoms with Crippen molar-refractivity contribution in [2.24, 2.45) is 0 Å². The smallest absolute Gasteiger partial charge is 0.293 e. The molecule has 2 rings (SSSR count). The van der Waals surface area contributed by atoms with Crippen molar-refractivity contribution in [2.75, 3.05) is 18.4 Å². The van der Waals surface area contributed by atoms with Crippen molar-refractivity contribution in [2.45, 2.75) is 6.92 Å². The van der Waals surface area contributed by atoms with Crippen molar-refractivity contribution >= 4 is 28.2 Å². The second-order valence-corrected chi connectivity index (χ2v) is 4.29. The van der Waals surface area contributed by atoms with Gasteiger partial charge in [0.15, 0.2) is 0 Å². The van der Waals surface area contributed by atoms with Crippen LogP contribution in [-0.4, -0.2) is 33.9 Å². The van der Waals surface area contributed by atoms with Gasteiger partial charge in [0.05, 0.1) is 22.2 Å². The molecule has 110 valence electrons. The molecule has 9 heteroatoms.